The molecule has 0 saturated heterocycles. The first-order valence-electron chi connectivity index (χ1n) is 9.78. The van der Waals surface area contributed by atoms with Crippen molar-refractivity contribution in [1.82, 2.24) is 0 Å². The standard InChI is InChI=1S/C20H31NO3S/c1-3-5-6-7-8-9-10-14-17(22)21-19-18(20(23)24-4-2)15-12-11-13-16(15)25-19/h3-14H2,1-2H3,(H,21,22). The van der Waals surface area contributed by atoms with Crippen molar-refractivity contribution in [2.75, 3.05) is 11.9 Å². The second kappa shape index (κ2) is 10.6. The first kappa shape index (κ1) is 20.0. The van der Waals surface area contributed by atoms with Crippen molar-refractivity contribution in [2.45, 2.75) is 84.5 Å². The summed E-state index contributed by atoms with van der Waals surface area (Å²) in [6, 6.07) is 0. The van der Waals surface area contributed by atoms with Crippen LogP contribution in [0, 0.1) is 0 Å². The summed E-state index contributed by atoms with van der Waals surface area (Å²) in [5.41, 5.74) is 1.70. The highest BCUT2D eigenvalue weighted by Gasteiger charge is 2.28. The Morgan fingerprint density at radius 2 is 1.76 bits per heavy atom. The fourth-order valence-electron chi connectivity index (χ4n) is 3.34. The van der Waals surface area contributed by atoms with Crippen molar-refractivity contribution >= 4 is 28.2 Å². The number of hydrogen-bond acceptors (Lipinski definition) is 4. The number of hydrogen-bond donors (Lipinski definition) is 1. The van der Waals surface area contributed by atoms with Gasteiger partial charge in [-0.25, -0.2) is 4.79 Å². The number of aryl methyl sites for hydroxylation is 1. The maximum Gasteiger partial charge on any atom is 0.341 e. The SMILES string of the molecule is CCCCCCCCCC(=O)Nc1sc2c(c1C(=O)OCC)CCC2. The normalized spacial score (nSPS) is 12.9. The highest BCUT2D eigenvalue weighted by molar-refractivity contribution is 7.17. The zero-order chi connectivity index (χ0) is 18.1. The monoisotopic (exact) mass is 365 g/mol. The van der Waals surface area contributed by atoms with Crippen LogP contribution in [-0.4, -0.2) is 18.5 Å². The smallest absolute Gasteiger partial charge is 0.341 e. The van der Waals surface area contributed by atoms with Crippen LogP contribution in [0.1, 0.15) is 92.4 Å². The Bertz CT molecular complexity index is 580. The molecule has 4 nitrogen and oxygen atoms in total. The molecule has 2 rings (SSSR count). The van der Waals surface area contributed by atoms with Crippen molar-refractivity contribution in [1.29, 1.82) is 0 Å². The van der Waals surface area contributed by atoms with Crippen LogP contribution in [0.2, 0.25) is 0 Å². The predicted molar refractivity (Wildman–Crippen MR) is 104 cm³/mol. The number of anilines is 1. The Balaban J connectivity index is 1.83. The number of unbranched alkanes of at least 4 members (excludes halogenated alkanes) is 6. The van der Waals surface area contributed by atoms with Gasteiger partial charge in [-0.05, 0) is 38.2 Å². The molecular formula is C20H31NO3S. The molecule has 0 spiro atoms. The highest BCUT2D eigenvalue weighted by Crippen LogP contribution is 2.39. The topological polar surface area (TPSA) is 55.4 Å². The molecule has 0 bridgehead atoms. The second-order valence-corrected chi connectivity index (χ2v) is 7.81. The van der Waals surface area contributed by atoms with Crippen LogP contribution in [0.5, 0.6) is 0 Å². The van der Waals surface area contributed by atoms with Gasteiger partial charge in [0.05, 0.1) is 12.2 Å². The van der Waals surface area contributed by atoms with E-state index in [0.29, 0.717) is 23.6 Å². The number of fused-ring (bicyclic) bond motifs is 1. The lowest BCUT2D eigenvalue weighted by atomic mass is 10.1. The Labute approximate surface area is 155 Å². The quantitative estimate of drug-likeness (QED) is 0.416. The van der Waals surface area contributed by atoms with Gasteiger partial charge >= 0.3 is 5.97 Å². The summed E-state index contributed by atoms with van der Waals surface area (Å²) in [6.07, 6.45) is 11.9. The summed E-state index contributed by atoms with van der Waals surface area (Å²) in [5, 5.41) is 3.66. The first-order chi connectivity index (χ1) is 12.2. The molecule has 1 aromatic rings. The van der Waals surface area contributed by atoms with Crippen molar-refractivity contribution in [3.63, 3.8) is 0 Å². The molecule has 0 aromatic carbocycles. The van der Waals surface area contributed by atoms with E-state index in [2.05, 4.69) is 12.2 Å². The van der Waals surface area contributed by atoms with Crippen molar-refractivity contribution < 1.29 is 14.3 Å². The van der Waals surface area contributed by atoms with Gasteiger partial charge < -0.3 is 10.1 Å². The van der Waals surface area contributed by atoms with Gasteiger partial charge in [0.15, 0.2) is 0 Å². The van der Waals surface area contributed by atoms with E-state index < -0.39 is 0 Å². The molecular weight excluding hydrogens is 334 g/mol. The molecule has 1 N–H and O–H groups in total. The van der Waals surface area contributed by atoms with E-state index in [4.69, 9.17) is 4.74 Å². The average Bonchev–Trinajstić information content (AvgIpc) is 3.14. The molecule has 1 aliphatic carbocycles. The van der Waals surface area contributed by atoms with E-state index >= 15 is 0 Å². The largest absolute Gasteiger partial charge is 0.462 e. The predicted octanol–water partition coefficient (Wildman–Crippen LogP) is 5.49. The van der Waals surface area contributed by atoms with Crippen LogP contribution in [-0.2, 0) is 22.4 Å². The number of carbonyl (C=O) groups is 2. The van der Waals surface area contributed by atoms with Gasteiger partial charge in [0, 0.05) is 11.3 Å². The van der Waals surface area contributed by atoms with Crippen molar-refractivity contribution in [3.05, 3.63) is 16.0 Å². The lowest BCUT2D eigenvalue weighted by molar-refractivity contribution is -0.116. The van der Waals surface area contributed by atoms with E-state index in [1.165, 1.54) is 37.0 Å². The van der Waals surface area contributed by atoms with Crippen LogP contribution in [0.4, 0.5) is 5.00 Å². The van der Waals surface area contributed by atoms with Gasteiger partial charge in [0.2, 0.25) is 5.91 Å². The van der Waals surface area contributed by atoms with E-state index in [0.717, 1.165) is 37.7 Å². The van der Waals surface area contributed by atoms with Crippen LogP contribution in [0.25, 0.3) is 0 Å². The number of rotatable bonds is 11. The molecule has 0 aliphatic heterocycles. The summed E-state index contributed by atoms with van der Waals surface area (Å²) >= 11 is 1.55. The number of nitrogens with one attached hydrogen (secondary N) is 1. The molecule has 1 amide bonds. The number of esters is 1. The molecule has 0 fully saturated rings. The molecule has 1 heterocycles. The van der Waals surface area contributed by atoms with Crippen LogP contribution in [0.15, 0.2) is 0 Å². The Kier molecular flexibility index (Phi) is 8.45. The van der Waals surface area contributed by atoms with E-state index in [1.807, 2.05) is 6.92 Å². The summed E-state index contributed by atoms with van der Waals surface area (Å²) in [4.78, 5) is 25.8. The first-order valence-corrected chi connectivity index (χ1v) is 10.6. The minimum Gasteiger partial charge on any atom is -0.462 e. The Morgan fingerprint density at radius 1 is 1.04 bits per heavy atom. The zero-order valence-electron chi connectivity index (χ0n) is 15.6. The zero-order valence-corrected chi connectivity index (χ0v) is 16.4. The number of amides is 1. The summed E-state index contributed by atoms with van der Waals surface area (Å²) in [6.45, 7) is 4.38. The summed E-state index contributed by atoms with van der Waals surface area (Å²) in [5.74, 6) is -0.285. The molecule has 140 valence electrons. The molecule has 5 heteroatoms. The Hall–Kier alpha value is -1.36. The number of thiophene rings is 1. The minimum atomic E-state index is -0.298. The highest BCUT2D eigenvalue weighted by atomic mass is 32.1. The molecule has 0 radical (unpaired) electrons. The van der Waals surface area contributed by atoms with Crippen LogP contribution >= 0.6 is 11.3 Å². The third-order valence-electron chi connectivity index (χ3n) is 4.66. The molecule has 25 heavy (non-hydrogen) atoms. The molecule has 1 aromatic heterocycles. The van der Waals surface area contributed by atoms with Crippen molar-refractivity contribution in [3.8, 4) is 0 Å². The summed E-state index contributed by atoms with van der Waals surface area (Å²) < 4.78 is 5.20. The maximum atomic E-state index is 12.3. The summed E-state index contributed by atoms with van der Waals surface area (Å²) in [7, 11) is 0. The van der Waals surface area contributed by atoms with E-state index in [1.54, 1.807) is 11.3 Å². The second-order valence-electron chi connectivity index (χ2n) is 6.70. The third-order valence-corrected chi connectivity index (χ3v) is 5.87. The lowest BCUT2D eigenvalue weighted by Gasteiger charge is -2.08. The van der Waals surface area contributed by atoms with Gasteiger partial charge in [-0.15, -0.1) is 11.3 Å². The van der Waals surface area contributed by atoms with E-state index in [-0.39, 0.29) is 11.9 Å². The van der Waals surface area contributed by atoms with Gasteiger partial charge in [-0.3, -0.25) is 4.79 Å². The van der Waals surface area contributed by atoms with Crippen molar-refractivity contribution in [2.24, 2.45) is 0 Å². The molecule has 0 atom stereocenters. The van der Waals surface area contributed by atoms with Crippen LogP contribution in [0.3, 0.4) is 0 Å². The van der Waals surface area contributed by atoms with Gasteiger partial charge in [-0.1, -0.05) is 45.4 Å². The molecule has 0 unspecified atom stereocenters. The fraction of sp³-hybridized carbons (Fsp3) is 0.700. The Morgan fingerprint density at radius 3 is 2.48 bits per heavy atom. The maximum absolute atomic E-state index is 12.3. The fourth-order valence-corrected chi connectivity index (χ4v) is 4.64. The molecule has 1 aliphatic rings. The van der Waals surface area contributed by atoms with Gasteiger partial charge in [0.25, 0.3) is 0 Å². The molecule has 0 saturated carbocycles. The third kappa shape index (κ3) is 5.84. The van der Waals surface area contributed by atoms with E-state index in [9.17, 15) is 9.59 Å². The van der Waals surface area contributed by atoms with Crippen LogP contribution < -0.4 is 5.32 Å². The van der Waals surface area contributed by atoms with Gasteiger partial charge in [-0.2, -0.15) is 0 Å². The number of carbonyl (C=O) groups excluding carboxylic acids is 2. The average molecular weight is 366 g/mol. The lowest BCUT2D eigenvalue weighted by Crippen LogP contribution is -2.14. The minimum absolute atomic E-state index is 0.0130. The number of ether oxygens (including phenoxy) is 1. The van der Waals surface area contributed by atoms with Gasteiger partial charge in [0.1, 0.15) is 5.00 Å².